The molecular weight excluding hydrogens is 438 g/mol. The Bertz CT molecular complexity index is 1370. The van der Waals surface area contributed by atoms with E-state index in [2.05, 4.69) is 0 Å². The van der Waals surface area contributed by atoms with E-state index in [0.717, 1.165) is 50.4 Å². The van der Waals surface area contributed by atoms with Crippen molar-refractivity contribution in [2.24, 2.45) is 0 Å². The van der Waals surface area contributed by atoms with E-state index < -0.39 is 0 Å². The van der Waals surface area contributed by atoms with Crippen molar-refractivity contribution in [1.82, 2.24) is 0 Å². The van der Waals surface area contributed by atoms with Crippen LogP contribution in [0.5, 0.6) is 28.7 Å². The number of phenols is 3. The number of hydrogen-bond donors (Lipinski definition) is 3. The zero-order valence-electron chi connectivity index (χ0n) is 21.0. The van der Waals surface area contributed by atoms with E-state index in [1.165, 1.54) is 0 Å². The van der Waals surface area contributed by atoms with Crippen molar-refractivity contribution in [3.63, 3.8) is 0 Å². The lowest BCUT2D eigenvalue weighted by Gasteiger charge is -2.30. The number of rotatable bonds is 5. The second-order valence-electron chi connectivity index (χ2n) is 9.15. The summed E-state index contributed by atoms with van der Waals surface area (Å²) in [7, 11) is 0. The minimum absolute atomic E-state index is 0.167. The molecule has 5 nitrogen and oxygen atoms in total. The van der Waals surface area contributed by atoms with Crippen molar-refractivity contribution < 1.29 is 20.1 Å². The van der Waals surface area contributed by atoms with Gasteiger partial charge in [-0.1, -0.05) is 6.07 Å². The standard InChI is InChI=1S/C30H31NO4/c1-17-11-24(32)14-27(21(17)5)31(28-15-25(33)12-18(2)22(28)6)23-8-7-9-26(13-23)35-30-16-29(34)19(3)10-20(30)4/h7-16,32-34H,1-6H3. The van der Waals surface area contributed by atoms with E-state index in [0.29, 0.717) is 11.5 Å². The first kappa shape index (κ1) is 24.0. The minimum Gasteiger partial charge on any atom is -0.508 e. The molecule has 0 spiro atoms. The zero-order valence-corrected chi connectivity index (χ0v) is 21.0. The highest BCUT2D eigenvalue weighted by molar-refractivity contribution is 5.83. The molecule has 0 bridgehead atoms. The molecule has 0 atom stereocenters. The second kappa shape index (κ2) is 9.26. The van der Waals surface area contributed by atoms with Gasteiger partial charge < -0.3 is 25.0 Å². The van der Waals surface area contributed by atoms with Crippen molar-refractivity contribution >= 4 is 17.1 Å². The van der Waals surface area contributed by atoms with Crippen LogP contribution in [0.1, 0.15) is 33.4 Å². The van der Waals surface area contributed by atoms with Crippen LogP contribution in [-0.2, 0) is 0 Å². The van der Waals surface area contributed by atoms with Gasteiger partial charge in [-0.25, -0.2) is 0 Å². The highest BCUT2D eigenvalue weighted by Gasteiger charge is 2.21. The van der Waals surface area contributed by atoms with Gasteiger partial charge in [0.1, 0.15) is 28.7 Å². The van der Waals surface area contributed by atoms with Gasteiger partial charge in [0.25, 0.3) is 0 Å². The summed E-state index contributed by atoms with van der Waals surface area (Å²) >= 11 is 0. The summed E-state index contributed by atoms with van der Waals surface area (Å²) in [5.41, 5.74) is 8.05. The molecule has 0 heterocycles. The third kappa shape index (κ3) is 4.76. The Morgan fingerprint density at radius 2 is 1.17 bits per heavy atom. The van der Waals surface area contributed by atoms with Gasteiger partial charge in [-0.05, 0) is 105 Å². The first-order chi connectivity index (χ1) is 16.5. The number of nitrogens with zero attached hydrogens (tertiary/aromatic N) is 1. The number of aromatic hydroxyl groups is 3. The fourth-order valence-corrected chi connectivity index (χ4v) is 4.26. The highest BCUT2D eigenvalue weighted by Crippen LogP contribution is 2.44. The van der Waals surface area contributed by atoms with Crippen LogP contribution >= 0.6 is 0 Å². The quantitative estimate of drug-likeness (QED) is 0.277. The Balaban J connectivity index is 1.90. The average Bonchev–Trinajstić information content (AvgIpc) is 2.79. The topological polar surface area (TPSA) is 73.2 Å². The van der Waals surface area contributed by atoms with Crippen molar-refractivity contribution in [3.8, 4) is 28.7 Å². The molecule has 3 N–H and O–H groups in total. The monoisotopic (exact) mass is 469 g/mol. The third-order valence-corrected chi connectivity index (χ3v) is 6.53. The van der Waals surface area contributed by atoms with E-state index in [-0.39, 0.29) is 17.2 Å². The molecular formula is C30H31NO4. The van der Waals surface area contributed by atoms with Gasteiger partial charge in [0, 0.05) is 30.0 Å². The van der Waals surface area contributed by atoms with Crippen molar-refractivity contribution in [2.75, 3.05) is 4.90 Å². The summed E-state index contributed by atoms with van der Waals surface area (Å²) in [6, 6.07) is 18.1. The molecule has 180 valence electrons. The molecule has 0 saturated carbocycles. The number of benzene rings is 4. The normalized spacial score (nSPS) is 10.9. The summed E-state index contributed by atoms with van der Waals surface area (Å²) < 4.78 is 6.18. The second-order valence-corrected chi connectivity index (χ2v) is 9.15. The van der Waals surface area contributed by atoms with Crippen molar-refractivity contribution in [1.29, 1.82) is 0 Å². The molecule has 4 rings (SSSR count). The average molecular weight is 470 g/mol. The van der Waals surface area contributed by atoms with Gasteiger partial charge in [0.2, 0.25) is 0 Å². The lowest BCUT2D eigenvalue weighted by atomic mass is 10.0. The van der Waals surface area contributed by atoms with Crippen LogP contribution < -0.4 is 9.64 Å². The molecule has 5 heteroatoms. The van der Waals surface area contributed by atoms with Gasteiger partial charge >= 0.3 is 0 Å². The molecule has 35 heavy (non-hydrogen) atoms. The SMILES string of the molecule is Cc1cc(C)c(Oc2cccc(N(c3cc(O)cc(C)c3C)c3cc(O)cc(C)c3C)c2)cc1O. The Kier molecular flexibility index (Phi) is 6.35. The third-order valence-electron chi connectivity index (χ3n) is 6.53. The Labute approximate surface area is 206 Å². The van der Waals surface area contributed by atoms with Crippen LogP contribution in [-0.4, -0.2) is 15.3 Å². The summed E-state index contributed by atoms with van der Waals surface area (Å²) in [6.45, 7) is 11.7. The number of aryl methyl sites for hydroxylation is 4. The van der Waals surface area contributed by atoms with E-state index in [1.54, 1.807) is 30.3 Å². The molecule has 0 aliphatic heterocycles. The molecule has 0 fully saturated rings. The van der Waals surface area contributed by atoms with Crippen LogP contribution in [0.4, 0.5) is 17.1 Å². The van der Waals surface area contributed by atoms with Crippen LogP contribution in [0.25, 0.3) is 0 Å². The van der Waals surface area contributed by atoms with Crippen molar-refractivity contribution in [3.05, 3.63) is 94.0 Å². The fourth-order valence-electron chi connectivity index (χ4n) is 4.26. The Hall–Kier alpha value is -4.12. The van der Waals surface area contributed by atoms with E-state index in [9.17, 15) is 15.3 Å². The highest BCUT2D eigenvalue weighted by atomic mass is 16.5. The van der Waals surface area contributed by atoms with Gasteiger partial charge in [0.05, 0.1) is 11.4 Å². The zero-order chi connectivity index (χ0) is 25.4. The Morgan fingerprint density at radius 1 is 0.600 bits per heavy atom. The molecule has 0 radical (unpaired) electrons. The molecule has 0 saturated heterocycles. The molecule has 0 aliphatic carbocycles. The summed E-state index contributed by atoms with van der Waals surface area (Å²) in [4.78, 5) is 2.02. The summed E-state index contributed by atoms with van der Waals surface area (Å²) in [6.07, 6.45) is 0. The maximum atomic E-state index is 10.4. The number of ether oxygens (including phenoxy) is 1. The van der Waals surface area contributed by atoms with Crippen LogP contribution in [0.2, 0.25) is 0 Å². The predicted molar refractivity (Wildman–Crippen MR) is 141 cm³/mol. The molecule has 0 aromatic heterocycles. The fraction of sp³-hybridized carbons (Fsp3) is 0.200. The lowest BCUT2D eigenvalue weighted by Crippen LogP contribution is -2.14. The van der Waals surface area contributed by atoms with Gasteiger partial charge in [-0.15, -0.1) is 0 Å². The van der Waals surface area contributed by atoms with Gasteiger partial charge in [0.15, 0.2) is 0 Å². The molecule has 4 aromatic carbocycles. The number of anilines is 3. The van der Waals surface area contributed by atoms with Gasteiger partial charge in [-0.3, -0.25) is 0 Å². The van der Waals surface area contributed by atoms with Crippen LogP contribution in [0.3, 0.4) is 0 Å². The van der Waals surface area contributed by atoms with E-state index >= 15 is 0 Å². The molecule has 0 aliphatic rings. The minimum atomic E-state index is 0.167. The van der Waals surface area contributed by atoms with E-state index in [4.69, 9.17) is 4.74 Å². The molecule has 0 amide bonds. The molecule has 4 aromatic rings. The number of hydrogen-bond acceptors (Lipinski definition) is 5. The lowest BCUT2D eigenvalue weighted by molar-refractivity contribution is 0.450. The Morgan fingerprint density at radius 3 is 1.74 bits per heavy atom. The number of phenolic OH excluding ortho intramolecular Hbond substituents is 3. The van der Waals surface area contributed by atoms with Crippen molar-refractivity contribution in [2.45, 2.75) is 41.5 Å². The summed E-state index contributed by atoms with van der Waals surface area (Å²) in [5, 5.41) is 31.1. The summed E-state index contributed by atoms with van der Waals surface area (Å²) in [5.74, 6) is 1.69. The first-order valence-corrected chi connectivity index (χ1v) is 11.5. The van der Waals surface area contributed by atoms with Crippen LogP contribution in [0, 0.1) is 41.5 Å². The largest absolute Gasteiger partial charge is 0.508 e. The smallest absolute Gasteiger partial charge is 0.134 e. The first-order valence-electron chi connectivity index (χ1n) is 11.5. The van der Waals surface area contributed by atoms with E-state index in [1.807, 2.05) is 76.8 Å². The molecule has 0 unspecified atom stereocenters. The maximum Gasteiger partial charge on any atom is 0.134 e. The van der Waals surface area contributed by atoms with Gasteiger partial charge in [-0.2, -0.15) is 0 Å². The maximum absolute atomic E-state index is 10.4. The van der Waals surface area contributed by atoms with Crippen LogP contribution in [0.15, 0.2) is 60.7 Å². The predicted octanol–water partition coefficient (Wildman–Crippen LogP) is 7.92.